The fraction of sp³-hybridized carbons (Fsp3) is 0.444. The van der Waals surface area contributed by atoms with E-state index in [2.05, 4.69) is 23.0 Å². The molecular weight excluding hydrogens is 150 g/mol. The first-order valence-corrected chi connectivity index (χ1v) is 4.15. The lowest BCUT2D eigenvalue weighted by Crippen LogP contribution is -2.34. The number of hydrogen-bond donors (Lipinski definition) is 1. The fourth-order valence-corrected chi connectivity index (χ4v) is 1.67. The topological polar surface area (TPSA) is 42.2 Å². The Morgan fingerprint density at radius 1 is 1.67 bits per heavy atom. The average molecular weight is 163 g/mol. The van der Waals surface area contributed by atoms with E-state index in [-0.39, 0.29) is 6.04 Å². The van der Waals surface area contributed by atoms with Gasteiger partial charge in [-0.2, -0.15) is 0 Å². The average Bonchev–Trinajstić information content (AvgIpc) is 2.04. The molecule has 0 spiro atoms. The first kappa shape index (κ1) is 7.71. The van der Waals surface area contributed by atoms with E-state index in [0.717, 1.165) is 18.8 Å². The van der Waals surface area contributed by atoms with Crippen LogP contribution in [0.4, 0.5) is 0 Å². The van der Waals surface area contributed by atoms with Crippen molar-refractivity contribution in [2.45, 2.75) is 12.6 Å². The molecule has 1 aliphatic rings. The standard InChI is InChI=1S/C9H13N3/c1-12-5-8(10)7-3-2-4-11-9(7)6-12/h2-4,8H,5-6,10H2,1H3/t8-/m0/s1. The molecule has 2 heterocycles. The van der Waals surface area contributed by atoms with Crippen molar-refractivity contribution in [3.05, 3.63) is 29.6 Å². The van der Waals surface area contributed by atoms with Gasteiger partial charge in [-0.05, 0) is 18.7 Å². The molecule has 0 aromatic carbocycles. The fourth-order valence-electron chi connectivity index (χ4n) is 1.67. The molecule has 2 rings (SSSR count). The summed E-state index contributed by atoms with van der Waals surface area (Å²) in [6.07, 6.45) is 1.82. The molecule has 0 unspecified atom stereocenters. The molecule has 1 aromatic rings. The van der Waals surface area contributed by atoms with Gasteiger partial charge in [-0.25, -0.2) is 0 Å². The SMILES string of the molecule is CN1Cc2ncccc2[C@@H](N)C1. The van der Waals surface area contributed by atoms with Gasteiger partial charge in [-0.3, -0.25) is 9.88 Å². The maximum Gasteiger partial charge on any atom is 0.0591 e. The highest BCUT2D eigenvalue weighted by Crippen LogP contribution is 2.21. The number of pyridine rings is 1. The van der Waals surface area contributed by atoms with Gasteiger partial charge >= 0.3 is 0 Å². The second-order valence-electron chi connectivity index (χ2n) is 3.34. The first-order valence-electron chi connectivity index (χ1n) is 4.15. The number of nitrogens with zero attached hydrogens (tertiary/aromatic N) is 2. The Morgan fingerprint density at radius 3 is 3.33 bits per heavy atom. The van der Waals surface area contributed by atoms with Crippen LogP contribution in [0.25, 0.3) is 0 Å². The van der Waals surface area contributed by atoms with E-state index in [0.29, 0.717) is 0 Å². The van der Waals surface area contributed by atoms with Gasteiger partial charge in [-0.15, -0.1) is 0 Å². The number of rotatable bonds is 0. The van der Waals surface area contributed by atoms with E-state index in [1.807, 2.05) is 12.3 Å². The molecule has 2 N–H and O–H groups in total. The zero-order valence-corrected chi connectivity index (χ0v) is 7.20. The van der Waals surface area contributed by atoms with Crippen LogP contribution in [-0.2, 0) is 6.54 Å². The van der Waals surface area contributed by atoms with Crippen LogP contribution < -0.4 is 5.73 Å². The van der Waals surface area contributed by atoms with Gasteiger partial charge in [0.25, 0.3) is 0 Å². The summed E-state index contributed by atoms with van der Waals surface area (Å²) in [7, 11) is 2.07. The molecule has 1 atom stereocenters. The summed E-state index contributed by atoms with van der Waals surface area (Å²) < 4.78 is 0. The van der Waals surface area contributed by atoms with Crippen molar-refractivity contribution in [1.29, 1.82) is 0 Å². The van der Waals surface area contributed by atoms with Crippen molar-refractivity contribution in [2.24, 2.45) is 5.73 Å². The van der Waals surface area contributed by atoms with E-state index in [1.165, 1.54) is 5.56 Å². The van der Waals surface area contributed by atoms with Gasteiger partial charge in [0.05, 0.1) is 5.69 Å². The lowest BCUT2D eigenvalue weighted by Gasteiger charge is -2.28. The van der Waals surface area contributed by atoms with Crippen molar-refractivity contribution < 1.29 is 0 Å². The van der Waals surface area contributed by atoms with Crippen molar-refractivity contribution in [1.82, 2.24) is 9.88 Å². The molecule has 3 heteroatoms. The number of hydrogen-bond acceptors (Lipinski definition) is 3. The third kappa shape index (κ3) is 1.21. The normalized spacial score (nSPS) is 23.7. The molecule has 1 aliphatic heterocycles. The minimum atomic E-state index is 0.132. The van der Waals surface area contributed by atoms with Gasteiger partial charge in [0.1, 0.15) is 0 Å². The Bertz CT molecular complexity index is 285. The van der Waals surface area contributed by atoms with Crippen LogP contribution in [-0.4, -0.2) is 23.5 Å². The molecular formula is C9H13N3. The molecule has 0 amide bonds. The van der Waals surface area contributed by atoms with Gasteiger partial charge in [-0.1, -0.05) is 6.07 Å². The third-order valence-corrected chi connectivity index (χ3v) is 2.25. The maximum absolute atomic E-state index is 5.96. The second kappa shape index (κ2) is 2.84. The summed E-state index contributed by atoms with van der Waals surface area (Å²) in [5.41, 5.74) is 8.28. The number of fused-ring (bicyclic) bond motifs is 1. The first-order chi connectivity index (χ1) is 5.77. The Morgan fingerprint density at radius 2 is 2.50 bits per heavy atom. The largest absolute Gasteiger partial charge is 0.323 e. The number of aromatic nitrogens is 1. The highest BCUT2D eigenvalue weighted by molar-refractivity contribution is 5.25. The van der Waals surface area contributed by atoms with Crippen LogP contribution in [0.1, 0.15) is 17.3 Å². The Balaban J connectivity index is 2.40. The predicted octanol–water partition coefficient (Wildman–Crippen LogP) is 0.527. The molecule has 64 valence electrons. The number of likely N-dealkylation sites (N-methyl/N-ethyl adjacent to an activating group) is 1. The molecule has 3 nitrogen and oxygen atoms in total. The predicted molar refractivity (Wildman–Crippen MR) is 47.5 cm³/mol. The lowest BCUT2D eigenvalue weighted by molar-refractivity contribution is 0.278. The van der Waals surface area contributed by atoms with E-state index in [9.17, 15) is 0 Å². The Hall–Kier alpha value is -0.930. The highest BCUT2D eigenvalue weighted by Gasteiger charge is 2.19. The molecule has 0 aliphatic carbocycles. The number of nitrogens with two attached hydrogens (primary N) is 1. The molecule has 0 saturated heterocycles. The summed E-state index contributed by atoms with van der Waals surface area (Å²) >= 11 is 0. The lowest BCUT2D eigenvalue weighted by atomic mass is 10.0. The minimum absolute atomic E-state index is 0.132. The summed E-state index contributed by atoms with van der Waals surface area (Å²) in [5, 5.41) is 0. The van der Waals surface area contributed by atoms with Crippen molar-refractivity contribution >= 4 is 0 Å². The molecule has 12 heavy (non-hydrogen) atoms. The van der Waals surface area contributed by atoms with Crippen molar-refractivity contribution in [2.75, 3.05) is 13.6 Å². The zero-order chi connectivity index (χ0) is 8.55. The minimum Gasteiger partial charge on any atom is -0.323 e. The van der Waals surface area contributed by atoms with Crippen LogP contribution >= 0.6 is 0 Å². The quantitative estimate of drug-likeness (QED) is 0.606. The van der Waals surface area contributed by atoms with Gasteiger partial charge in [0.15, 0.2) is 0 Å². The second-order valence-corrected chi connectivity index (χ2v) is 3.34. The van der Waals surface area contributed by atoms with Crippen LogP contribution in [0, 0.1) is 0 Å². The van der Waals surface area contributed by atoms with Gasteiger partial charge in [0.2, 0.25) is 0 Å². The molecule has 0 bridgehead atoms. The monoisotopic (exact) mass is 163 g/mol. The van der Waals surface area contributed by atoms with Crippen LogP contribution in [0.2, 0.25) is 0 Å². The maximum atomic E-state index is 5.96. The van der Waals surface area contributed by atoms with E-state index in [1.54, 1.807) is 0 Å². The van der Waals surface area contributed by atoms with Crippen LogP contribution in [0.15, 0.2) is 18.3 Å². The van der Waals surface area contributed by atoms with Gasteiger partial charge in [0, 0.05) is 25.3 Å². The summed E-state index contributed by atoms with van der Waals surface area (Å²) in [5.74, 6) is 0. The Labute approximate surface area is 72.2 Å². The summed E-state index contributed by atoms with van der Waals surface area (Å²) in [4.78, 5) is 6.49. The molecule has 0 fully saturated rings. The van der Waals surface area contributed by atoms with Crippen molar-refractivity contribution in [3.8, 4) is 0 Å². The van der Waals surface area contributed by atoms with Crippen LogP contribution in [0.3, 0.4) is 0 Å². The summed E-state index contributed by atoms with van der Waals surface area (Å²) in [6.45, 7) is 1.85. The van der Waals surface area contributed by atoms with Crippen LogP contribution in [0.5, 0.6) is 0 Å². The molecule has 0 radical (unpaired) electrons. The van der Waals surface area contributed by atoms with E-state index < -0.39 is 0 Å². The molecule has 1 aromatic heterocycles. The zero-order valence-electron chi connectivity index (χ0n) is 7.20. The third-order valence-electron chi connectivity index (χ3n) is 2.25. The molecule has 0 saturated carbocycles. The smallest absolute Gasteiger partial charge is 0.0591 e. The highest BCUT2D eigenvalue weighted by atomic mass is 15.1. The van der Waals surface area contributed by atoms with Crippen molar-refractivity contribution in [3.63, 3.8) is 0 Å². The van der Waals surface area contributed by atoms with E-state index in [4.69, 9.17) is 5.73 Å². The van der Waals surface area contributed by atoms with Gasteiger partial charge < -0.3 is 5.73 Å². The Kier molecular flexibility index (Phi) is 1.83. The van der Waals surface area contributed by atoms with E-state index >= 15 is 0 Å². The summed E-state index contributed by atoms with van der Waals surface area (Å²) in [6, 6.07) is 4.15.